The SMILES string of the molecule is COc1cc(C)c(-c2cccc(COc3ccc4c(c3)OCC4CC(=O)O)c2)c(C)c1. The first-order chi connectivity index (χ1) is 14.9. The third-order valence-corrected chi connectivity index (χ3v) is 5.65. The maximum atomic E-state index is 11.0. The first-order valence-corrected chi connectivity index (χ1v) is 10.3. The third-order valence-electron chi connectivity index (χ3n) is 5.65. The van der Waals surface area contributed by atoms with Gasteiger partial charge in [0, 0.05) is 17.5 Å². The number of rotatable bonds is 7. The second-order valence-electron chi connectivity index (χ2n) is 7.93. The molecule has 4 rings (SSSR count). The van der Waals surface area contributed by atoms with E-state index in [1.54, 1.807) is 7.11 Å². The molecule has 1 unspecified atom stereocenters. The van der Waals surface area contributed by atoms with E-state index >= 15 is 0 Å². The Hall–Kier alpha value is -3.47. The standard InChI is InChI=1S/C26H26O5/c1-16-9-22(29-3)10-17(2)26(16)19-6-4-5-18(11-19)14-30-21-7-8-23-20(12-25(27)28)15-31-24(23)13-21/h4-11,13,20H,12,14-15H2,1-3H3,(H,27,28). The predicted octanol–water partition coefficient (Wildman–Crippen LogP) is 5.51. The Morgan fingerprint density at radius 1 is 1.06 bits per heavy atom. The maximum Gasteiger partial charge on any atom is 0.304 e. The van der Waals surface area contributed by atoms with E-state index in [0.717, 1.165) is 22.4 Å². The topological polar surface area (TPSA) is 65.0 Å². The molecule has 1 aliphatic heterocycles. The number of carboxylic acid groups (broad SMARTS) is 1. The quantitative estimate of drug-likeness (QED) is 0.548. The Balaban J connectivity index is 1.49. The molecule has 31 heavy (non-hydrogen) atoms. The minimum absolute atomic E-state index is 0.0736. The molecule has 1 atom stereocenters. The molecule has 5 nitrogen and oxygen atoms in total. The second kappa shape index (κ2) is 8.72. The molecule has 0 spiro atoms. The summed E-state index contributed by atoms with van der Waals surface area (Å²) < 4.78 is 17.1. The van der Waals surface area contributed by atoms with E-state index in [0.29, 0.717) is 24.7 Å². The number of carboxylic acids is 1. The van der Waals surface area contributed by atoms with E-state index in [1.165, 1.54) is 16.7 Å². The number of aliphatic carboxylic acids is 1. The highest BCUT2D eigenvalue weighted by atomic mass is 16.5. The molecule has 0 aromatic heterocycles. The number of hydrogen-bond donors (Lipinski definition) is 1. The smallest absolute Gasteiger partial charge is 0.304 e. The average Bonchev–Trinajstić information content (AvgIpc) is 3.13. The summed E-state index contributed by atoms with van der Waals surface area (Å²) in [5.74, 6) is 1.36. The van der Waals surface area contributed by atoms with Crippen LogP contribution in [0.3, 0.4) is 0 Å². The van der Waals surface area contributed by atoms with E-state index in [4.69, 9.17) is 19.3 Å². The molecule has 1 aliphatic rings. The van der Waals surface area contributed by atoms with Crippen molar-refractivity contribution in [3.05, 3.63) is 76.9 Å². The second-order valence-corrected chi connectivity index (χ2v) is 7.93. The number of benzene rings is 3. The van der Waals surface area contributed by atoms with Gasteiger partial charge in [0.2, 0.25) is 0 Å². The van der Waals surface area contributed by atoms with Gasteiger partial charge in [0.25, 0.3) is 0 Å². The average molecular weight is 418 g/mol. The molecule has 1 heterocycles. The van der Waals surface area contributed by atoms with Gasteiger partial charge in [-0.1, -0.05) is 24.3 Å². The number of fused-ring (bicyclic) bond motifs is 1. The molecule has 3 aromatic rings. The van der Waals surface area contributed by atoms with E-state index in [2.05, 4.69) is 26.0 Å². The predicted molar refractivity (Wildman–Crippen MR) is 119 cm³/mol. The van der Waals surface area contributed by atoms with Crippen LogP contribution in [0.2, 0.25) is 0 Å². The fraction of sp³-hybridized carbons (Fsp3) is 0.269. The molecule has 0 saturated heterocycles. The van der Waals surface area contributed by atoms with Crippen molar-refractivity contribution < 1.29 is 24.1 Å². The lowest BCUT2D eigenvalue weighted by molar-refractivity contribution is -0.137. The third kappa shape index (κ3) is 4.50. The summed E-state index contributed by atoms with van der Waals surface area (Å²) in [4.78, 5) is 11.0. The van der Waals surface area contributed by atoms with Crippen LogP contribution in [0.25, 0.3) is 11.1 Å². The molecule has 160 valence electrons. The van der Waals surface area contributed by atoms with Crippen molar-refractivity contribution in [2.24, 2.45) is 0 Å². The van der Waals surface area contributed by atoms with Gasteiger partial charge in [-0.3, -0.25) is 4.79 Å². The molecule has 0 aliphatic carbocycles. The van der Waals surface area contributed by atoms with Crippen LogP contribution in [0.1, 0.15) is 34.6 Å². The summed E-state index contributed by atoms with van der Waals surface area (Å²) in [5.41, 5.74) is 6.69. The minimum atomic E-state index is -0.816. The minimum Gasteiger partial charge on any atom is -0.497 e. The first kappa shape index (κ1) is 20.8. The highest BCUT2D eigenvalue weighted by molar-refractivity contribution is 5.72. The summed E-state index contributed by atoms with van der Waals surface area (Å²) in [5, 5.41) is 9.04. The number of aryl methyl sites for hydroxylation is 2. The van der Waals surface area contributed by atoms with Crippen LogP contribution >= 0.6 is 0 Å². The van der Waals surface area contributed by atoms with Crippen LogP contribution in [0.5, 0.6) is 17.2 Å². The van der Waals surface area contributed by atoms with Crippen LogP contribution in [0.15, 0.2) is 54.6 Å². The normalized spacial score (nSPS) is 14.6. The summed E-state index contributed by atoms with van der Waals surface area (Å²) in [6, 6.07) is 18.1. The molecule has 5 heteroatoms. The molecule has 0 saturated carbocycles. The van der Waals surface area contributed by atoms with Gasteiger partial charge in [-0.25, -0.2) is 0 Å². The molecular weight excluding hydrogens is 392 g/mol. The summed E-state index contributed by atoms with van der Waals surface area (Å²) in [7, 11) is 1.68. The lowest BCUT2D eigenvalue weighted by Gasteiger charge is -2.14. The Bertz CT molecular complexity index is 1100. The molecule has 1 N–H and O–H groups in total. The number of methoxy groups -OCH3 is 1. The van der Waals surface area contributed by atoms with Crippen molar-refractivity contribution in [1.29, 1.82) is 0 Å². The van der Waals surface area contributed by atoms with E-state index in [1.807, 2.05) is 42.5 Å². The largest absolute Gasteiger partial charge is 0.497 e. The summed E-state index contributed by atoms with van der Waals surface area (Å²) >= 11 is 0. The molecular formula is C26H26O5. The maximum absolute atomic E-state index is 11.0. The van der Waals surface area contributed by atoms with Gasteiger partial charge in [0.15, 0.2) is 0 Å². The van der Waals surface area contributed by atoms with Crippen molar-refractivity contribution in [3.63, 3.8) is 0 Å². The Morgan fingerprint density at radius 3 is 2.55 bits per heavy atom. The molecule has 0 amide bonds. The summed E-state index contributed by atoms with van der Waals surface area (Å²) in [6.45, 7) is 5.01. The monoisotopic (exact) mass is 418 g/mol. The van der Waals surface area contributed by atoms with Gasteiger partial charge < -0.3 is 19.3 Å². The number of hydrogen-bond acceptors (Lipinski definition) is 4. The van der Waals surface area contributed by atoms with Gasteiger partial charge in [-0.2, -0.15) is 0 Å². The fourth-order valence-corrected chi connectivity index (χ4v) is 4.21. The molecule has 0 fully saturated rings. The van der Waals surface area contributed by atoms with Crippen LogP contribution < -0.4 is 14.2 Å². The van der Waals surface area contributed by atoms with Crippen molar-refractivity contribution in [2.45, 2.75) is 32.8 Å². The zero-order valence-corrected chi connectivity index (χ0v) is 18.0. The number of carbonyl (C=O) groups is 1. The van der Waals surface area contributed by atoms with Gasteiger partial charge in [0.05, 0.1) is 20.1 Å². The molecule has 0 radical (unpaired) electrons. The van der Waals surface area contributed by atoms with Crippen LogP contribution in [-0.4, -0.2) is 24.8 Å². The number of ether oxygens (including phenoxy) is 3. The van der Waals surface area contributed by atoms with Crippen molar-refractivity contribution in [3.8, 4) is 28.4 Å². The Morgan fingerprint density at radius 2 is 1.84 bits per heavy atom. The highest BCUT2D eigenvalue weighted by Gasteiger charge is 2.26. The Kier molecular flexibility index (Phi) is 5.85. The molecule has 3 aromatic carbocycles. The first-order valence-electron chi connectivity index (χ1n) is 10.3. The van der Waals surface area contributed by atoms with Crippen LogP contribution in [0, 0.1) is 13.8 Å². The lowest BCUT2D eigenvalue weighted by Crippen LogP contribution is -2.07. The van der Waals surface area contributed by atoms with Crippen molar-refractivity contribution >= 4 is 5.97 Å². The lowest BCUT2D eigenvalue weighted by atomic mass is 9.94. The zero-order chi connectivity index (χ0) is 22.0. The zero-order valence-electron chi connectivity index (χ0n) is 18.0. The van der Waals surface area contributed by atoms with Gasteiger partial charge >= 0.3 is 5.97 Å². The molecule has 0 bridgehead atoms. The van der Waals surface area contributed by atoms with Gasteiger partial charge in [0.1, 0.15) is 23.9 Å². The van der Waals surface area contributed by atoms with E-state index in [9.17, 15) is 4.79 Å². The van der Waals surface area contributed by atoms with Crippen LogP contribution in [-0.2, 0) is 11.4 Å². The van der Waals surface area contributed by atoms with Gasteiger partial charge in [-0.15, -0.1) is 0 Å². The van der Waals surface area contributed by atoms with Crippen molar-refractivity contribution in [2.75, 3.05) is 13.7 Å². The summed E-state index contributed by atoms with van der Waals surface area (Å²) in [6.07, 6.45) is 0.0736. The van der Waals surface area contributed by atoms with Gasteiger partial charge in [-0.05, 0) is 65.9 Å². The Labute approximate surface area is 182 Å². The highest BCUT2D eigenvalue weighted by Crippen LogP contribution is 2.38. The van der Waals surface area contributed by atoms with E-state index < -0.39 is 5.97 Å². The fourth-order valence-electron chi connectivity index (χ4n) is 4.21. The van der Waals surface area contributed by atoms with Crippen LogP contribution in [0.4, 0.5) is 0 Å². The van der Waals surface area contributed by atoms with Crippen molar-refractivity contribution in [1.82, 2.24) is 0 Å². The van der Waals surface area contributed by atoms with E-state index in [-0.39, 0.29) is 12.3 Å².